The van der Waals surface area contributed by atoms with Gasteiger partial charge >= 0.3 is 6.09 Å². The number of fused-ring (bicyclic) bond motifs is 1. The number of anilines is 1. The van der Waals surface area contributed by atoms with Gasteiger partial charge in [0.15, 0.2) is 5.58 Å². The lowest BCUT2D eigenvalue weighted by Crippen LogP contribution is -2.36. The fraction of sp³-hybridized carbons (Fsp3) is 0.400. The molecule has 0 radical (unpaired) electrons. The van der Waals surface area contributed by atoms with Gasteiger partial charge in [0, 0.05) is 10.9 Å². The van der Waals surface area contributed by atoms with Gasteiger partial charge in [-0.15, -0.1) is 11.3 Å². The molecule has 0 aromatic carbocycles. The van der Waals surface area contributed by atoms with Crippen LogP contribution in [-0.4, -0.2) is 16.7 Å². The average molecular weight is 488 g/mol. The Bertz CT molecular complexity index is 949. The van der Waals surface area contributed by atoms with Crippen LogP contribution < -0.4 is 4.90 Å². The fourth-order valence-electron chi connectivity index (χ4n) is 2.43. The predicted octanol–water partition coefficient (Wildman–Crippen LogP) is 7.58. The van der Waals surface area contributed by atoms with Crippen molar-refractivity contribution in [3.05, 3.63) is 43.8 Å². The molecule has 1 amide bonds. The number of thiophene rings is 1. The molecule has 28 heavy (non-hydrogen) atoms. The molecule has 3 rings (SSSR count). The van der Waals surface area contributed by atoms with Crippen molar-refractivity contribution in [2.24, 2.45) is 0 Å². The third-order valence-electron chi connectivity index (χ3n) is 3.49. The fourth-order valence-corrected chi connectivity index (χ4v) is 3.66. The van der Waals surface area contributed by atoms with E-state index in [-0.39, 0.29) is 5.15 Å². The second-order valence-corrected chi connectivity index (χ2v) is 8.97. The topological polar surface area (TPSA) is 55.6 Å². The van der Waals surface area contributed by atoms with Crippen molar-refractivity contribution in [2.75, 3.05) is 4.90 Å². The highest BCUT2D eigenvalue weighted by atomic mass is 79.9. The van der Waals surface area contributed by atoms with Crippen molar-refractivity contribution < 1.29 is 13.9 Å². The zero-order valence-electron chi connectivity index (χ0n) is 16.8. The lowest BCUT2D eigenvalue weighted by molar-refractivity contribution is 0.0578. The highest BCUT2D eigenvalue weighted by molar-refractivity contribution is 9.10. The Labute approximate surface area is 182 Å². The molecule has 0 spiro atoms. The standard InChI is InChI=1S/C18H18BrClN2O3S.C2H6/c1-10-14(19)15-16(24-10)12(8-13(20)21-15)22(9-11-6-5-7-26-11)17(23)25-18(2,3)4;1-2/h5-8H,9H2,1-4H3;1-2H3. The minimum absolute atomic E-state index is 0.272. The van der Waals surface area contributed by atoms with Crippen LogP contribution in [0.2, 0.25) is 5.15 Å². The number of aromatic nitrogens is 1. The summed E-state index contributed by atoms with van der Waals surface area (Å²) in [5, 5.41) is 2.24. The molecule has 3 aromatic rings. The highest BCUT2D eigenvalue weighted by Crippen LogP contribution is 2.38. The molecule has 0 fully saturated rings. The molecule has 3 aromatic heterocycles. The summed E-state index contributed by atoms with van der Waals surface area (Å²) in [7, 11) is 0. The normalized spacial score (nSPS) is 11.1. The Morgan fingerprint density at radius 1 is 1.39 bits per heavy atom. The van der Waals surface area contributed by atoms with Crippen LogP contribution >= 0.6 is 38.9 Å². The first kappa shape index (κ1) is 22.7. The maximum Gasteiger partial charge on any atom is 0.415 e. The zero-order valence-corrected chi connectivity index (χ0v) is 20.0. The number of nitrogens with zero attached hydrogens (tertiary/aromatic N) is 2. The van der Waals surface area contributed by atoms with Crippen LogP contribution in [0.25, 0.3) is 11.1 Å². The molecule has 0 aliphatic carbocycles. The van der Waals surface area contributed by atoms with E-state index < -0.39 is 11.7 Å². The minimum atomic E-state index is -0.625. The van der Waals surface area contributed by atoms with E-state index in [1.807, 2.05) is 59.1 Å². The molecule has 0 atom stereocenters. The van der Waals surface area contributed by atoms with Crippen molar-refractivity contribution in [1.82, 2.24) is 4.98 Å². The SMILES string of the molecule is CC.Cc1oc2c(N(Cc3cccs3)C(=O)OC(C)(C)C)cc(Cl)nc2c1Br. The molecular weight excluding hydrogens is 464 g/mol. The number of hydrogen-bond donors (Lipinski definition) is 0. The van der Waals surface area contributed by atoms with Gasteiger partial charge in [-0.25, -0.2) is 9.78 Å². The zero-order chi connectivity index (χ0) is 21.1. The van der Waals surface area contributed by atoms with Crippen molar-refractivity contribution in [1.29, 1.82) is 0 Å². The summed E-state index contributed by atoms with van der Waals surface area (Å²) >= 11 is 11.2. The lowest BCUT2D eigenvalue weighted by Gasteiger charge is -2.27. The number of aryl methyl sites for hydroxylation is 1. The van der Waals surface area contributed by atoms with Crippen LogP contribution in [0, 0.1) is 6.92 Å². The Balaban J connectivity index is 0.00000136. The number of carbonyl (C=O) groups is 1. The maximum atomic E-state index is 12.9. The van der Waals surface area contributed by atoms with E-state index in [2.05, 4.69) is 20.9 Å². The molecule has 0 aliphatic rings. The molecule has 0 saturated carbocycles. The largest absolute Gasteiger partial charge is 0.456 e. The van der Waals surface area contributed by atoms with Crippen molar-refractivity contribution in [2.45, 2.75) is 53.7 Å². The van der Waals surface area contributed by atoms with E-state index in [1.54, 1.807) is 17.4 Å². The molecule has 8 heteroatoms. The van der Waals surface area contributed by atoms with Crippen LogP contribution in [0.15, 0.2) is 32.5 Å². The van der Waals surface area contributed by atoms with E-state index in [0.29, 0.717) is 29.1 Å². The van der Waals surface area contributed by atoms with Crippen LogP contribution in [0.1, 0.15) is 45.3 Å². The summed E-state index contributed by atoms with van der Waals surface area (Å²) in [6.07, 6.45) is -0.473. The molecule has 0 unspecified atom stereocenters. The summed E-state index contributed by atoms with van der Waals surface area (Å²) in [6.45, 7) is 11.7. The van der Waals surface area contributed by atoms with Gasteiger partial charge in [0.05, 0.1) is 16.7 Å². The molecule has 0 bridgehead atoms. The summed E-state index contributed by atoms with van der Waals surface area (Å²) in [5.41, 5.74) is 0.961. The summed E-state index contributed by atoms with van der Waals surface area (Å²) in [4.78, 5) is 19.8. The van der Waals surface area contributed by atoms with Gasteiger partial charge in [0.1, 0.15) is 22.0 Å². The predicted molar refractivity (Wildman–Crippen MR) is 120 cm³/mol. The average Bonchev–Trinajstić information content (AvgIpc) is 3.22. The second kappa shape index (κ2) is 9.29. The van der Waals surface area contributed by atoms with Gasteiger partial charge in [-0.2, -0.15) is 0 Å². The van der Waals surface area contributed by atoms with Gasteiger partial charge in [0.2, 0.25) is 0 Å². The van der Waals surface area contributed by atoms with E-state index >= 15 is 0 Å². The Morgan fingerprint density at radius 2 is 2.07 bits per heavy atom. The van der Waals surface area contributed by atoms with Crippen LogP contribution in [0.4, 0.5) is 10.5 Å². The van der Waals surface area contributed by atoms with Crippen LogP contribution in [-0.2, 0) is 11.3 Å². The summed E-state index contributed by atoms with van der Waals surface area (Å²) < 4.78 is 12.2. The van der Waals surface area contributed by atoms with E-state index in [4.69, 9.17) is 20.8 Å². The molecule has 5 nitrogen and oxygen atoms in total. The van der Waals surface area contributed by atoms with Crippen molar-refractivity contribution >= 4 is 61.7 Å². The van der Waals surface area contributed by atoms with Crippen molar-refractivity contribution in [3.63, 3.8) is 0 Å². The second-order valence-electron chi connectivity index (χ2n) is 6.76. The number of pyridine rings is 1. The first-order valence-corrected chi connectivity index (χ1v) is 11.0. The molecule has 152 valence electrons. The van der Waals surface area contributed by atoms with Crippen LogP contribution in [0.5, 0.6) is 0 Å². The maximum absolute atomic E-state index is 12.9. The Morgan fingerprint density at radius 3 is 2.64 bits per heavy atom. The first-order chi connectivity index (χ1) is 13.2. The summed E-state index contributed by atoms with van der Waals surface area (Å²) in [6, 6.07) is 5.53. The first-order valence-electron chi connectivity index (χ1n) is 8.94. The molecule has 3 heterocycles. The van der Waals surface area contributed by atoms with Gasteiger partial charge in [-0.05, 0) is 55.1 Å². The third-order valence-corrected chi connectivity index (χ3v) is 5.48. The molecular formula is C20H24BrClN2O3S. The smallest absolute Gasteiger partial charge is 0.415 e. The van der Waals surface area contributed by atoms with Gasteiger partial charge in [-0.3, -0.25) is 4.90 Å². The van der Waals surface area contributed by atoms with Crippen molar-refractivity contribution in [3.8, 4) is 0 Å². The van der Waals surface area contributed by atoms with Crippen LogP contribution in [0.3, 0.4) is 0 Å². The number of carbonyl (C=O) groups excluding carboxylic acids is 1. The Hall–Kier alpha value is -1.57. The molecule has 0 aliphatic heterocycles. The number of hydrogen-bond acceptors (Lipinski definition) is 5. The van der Waals surface area contributed by atoms with E-state index in [0.717, 1.165) is 9.35 Å². The summed E-state index contributed by atoms with van der Waals surface area (Å²) in [5.74, 6) is 0.663. The third kappa shape index (κ3) is 5.27. The highest BCUT2D eigenvalue weighted by Gasteiger charge is 2.28. The molecule has 0 saturated heterocycles. The van der Waals surface area contributed by atoms with Gasteiger partial charge in [-0.1, -0.05) is 31.5 Å². The monoisotopic (exact) mass is 486 g/mol. The number of ether oxygens (including phenoxy) is 1. The van der Waals surface area contributed by atoms with E-state index in [1.165, 1.54) is 4.90 Å². The minimum Gasteiger partial charge on any atom is -0.456 e. The quantitative estimate of drug-likeness (QED) is 0.357. The Kier molecular flexibility index (Phi) is 7.53. The number of amides is 1. The lowest BCUT2D eigenvalue weighted by atomic mass is 10.2. The van der Waals surface area contributed by atoms with Gasteiger partial charge in [0.25, 0.3) is 0 Å². The van der Waals surface area contributed by atoms with Gasteiger partial charge < -0.3 is 9.15 Å². The number of halogens is 2. The number of rotatable bonds is 3. The molecule has 0 N–H and O–H groups in total. The van der Waals surface area contributed by atoms with E-state index in [9.17, 15) is 4.79 Å². The number of furan rings is 1.